The normalized spacial score (nSPS) is 11.1. The van der Waals surface area contributed by atoms with Gasteiger partial charge in [0.1, 0.15) is 12.3 Å². The van der Waals surface area contributed by atoms with Gasteiger partial charge in [-0.25, -0.2) is 8.42 Å². The number of benzene rings is 3. The van der Waals surface area contributed by atoms with Crippen molar-refractivity contribution in [1.29, 1.82) is 0 Å². The van der Waals surface area contributed by atoms with Crippen LogP contribution < -0.4 is 14.4 Å². The largest absolute Gasteiger partial charge is 0.497 e. The molecule has 3 rings (SSSR count). The molecule has 0 spiro atoms. The molecule has 7 heteroatoms. The van der Waals surface area contributed by atoms with E-state index in [9.17, 15) is 13.2 Å². The van der Waals surface area contributed by atoms with Crippen molar-refractivity contribution in [3.63, 3.8) is 0 Å². The predicted molar refractivity (Wildman–Crippen MR) is 131 cm³/mol. The van der Waals surface area contributed by atoms with Gasteiger partial charge in [-0.1, -0.05) is 36.4 Å². The summed E-state index contributed by atoms with van der Waals surface area (Å²) in [6.07, 6.45) is 1.54. The lowest BCUT2D eigenvalue weighted by Gasteiger charge is -2.25. The minimum atomic E-state index is -3.90. The molecule has 0 fully saturated rings. The van der Waals surface area contributed by atoms with Crippen molar-refractivity contribution in [3.8, 4) is 5.75 Å². The van der Waals surface area contributed by atoms with Gasteiger partial charge >= 0.3 is 0 Å². The summed E-state index contributed by atoms with van der Waals surface area (Å²) in [5, 5.41) is 2.86. The predicted octanol–water partition coefficient (Wildman–Crippen LogP) is 4.26. The second-order valence-electron chi connectivity index (χ2n) is 7.89. The van der Waals surface area contributed by atoms with Crippen molar-refractivity contribution in [1.82, 2.24) is 5.32 Å². The summed E-state index contributed by atoms with van der Waals surface area (Å²) >= 11 is 0. The summed E-state index contributed by atoms with van der Waals surface area (Å²) in [4.78, 5) is 12.9. The maximum absolute atomic E-state index is 13.4. The van der Waals surface area contributed by atoms with Crippen molar-refractivity contribution in [2.24, 2.45) is 0 Å². The van der Waals surface area contributed by atoms with E-state index in [1.165, 1.54) is 16.4 Å². The van der Waals surface area contributed by atoms with Gasteiger partial charge in [0.2, 0.25) is 5.91 Å². The maximum atomic E-state index is 13.4. The number of amides is 1. The number of hydrogen-bond acceptors (Lipinski definition) is 4. The lowest BCUT2D eigenvalue weighted by molar-refractivity contribution is -0.119. The van der Waals surface area contributed by atoms with Gasteiger partial charge < -0.3 is 10.1 Å². The van der Waals surface area contributed by atoms with Gasteiger partial charge in [0.25, 0.3) is 10.0 Å². The Balaban J connectivity index is 1.69. The lowest BCUT2D eigenvalue weighted by atomic mass is 10.1. The van der Waals surface area contributed by atoms with E-state index in [1.54, 1.807) is 37.4 Å². The Bertz CT molecular complexity index is 1180. The van der Waals surface area contributed by atoms with E-state index < -0.39 is 10.0 Å². The first-order chi connectivity index (χ1) is 15.8. The molecule has 1 amide bonds. The number of anilines is 1. The number of methoxy groups -OCH3 is 1. The molecule has 3 aromatic carbocycles. The molecular formula is C26H30N2O4S. The van der Waals surface area contributed by atoms with Crippen LogP contribution >= 0.6 is 0 Å². The molecular weight excluding hydrogens is 436 g/mol. The highest BCUT2D eigenvalue weighted by Crippen LogP contribution is 2.25. The van der Waals surface area contributed by atoms with Crippen LogP contribution in [0.15, 0.2) is 77.7 Å². The van der Waals surface area contributed by atoms with Gasteiger partial charge in [-0.2, -0.15) is 0 Å². The Morgan fingerprint density at radius 1 is 0.939 bits per heavy atom. The maximum Gasteiger partial charge on any atom is 0.264 e. The van der Waals surface area contributed by atoms with E-state index >= 15 is 0 Å². The van der Waals surface area contributed by atoms with E-state index in [4.69, 9.17) is 4.74 Å². The summed E-state index contributed by atoms with van der Waals surface area (Å²) < 4.78 is 33.1. The highest BCUT2D eigenvalue weighted by molar-refractivity contribution is 7.92. The molecule has 0 bridgehead atoms. The van der Waals surface area contributed by atoms with E-state index in [0.717, 1.165) is 35.3 Å². The molecule has 0 saturated carbocycles. The molecule has 6 nitrogen and oxygen atoms in total. The molecule has 0 atom stereocenters. The molecule has 0 aliphatic carbocycles. The average Bonchev–Trinajstić information content (AvgIpc) is 2.83. The summed E-state index contributed by atoms with van der Waals surface area (Å²) in [5.41, 5.74) is 3.63. The zero-order chi connectivity index (χ0) is 23.8. The molecule has 0 aliphatic heterocycles. The minimum Gasteiger partial charge on any atom is -0.497 e. The van der Waals surface area contributed by atoms with Crippen molar-refractivity contribution < 1.29 is 17.9 Å². The molecule has 33 heavy (non-hydrogen) atoms. The Kier molecular flexibility index (Phi) is 8.11. The fraction of sp³-hybridized carbons (Fsp3) is 0.269. The van der Waals surface area contributed by atoms with Crippen molar-refractivity contribution in [3.05, 3.63) is 89.5 Å². The molecule has 0 aliphatic rings. The summed E-state index contributed by atoms with van der Waals surface area (Å²) in [6, 6.07) is 21.4. The quantitative estimate of drug-likeness (QED) is 0.453. The van der Waals surface area contributed by atoms with E-state index in [1.807, 2.05) is 44.2 Å². The molecule has 0 aromatic heterocycles. The zero-order valence-electron chi connectivity index (χ0n) is 19.2. The Morgan fingerprint density at radius 2 is 1.64 bits per heavy atom. The highest BCUT2D eigenvalue weighted by Gasteiger charge is 2.27. The number of rotatable bonds is 10. The molecule has 0 saturated heterocycles. The summed E-state index contributed by atoms with van der Waals surface area (Å²) in [7, 11) is -2.27. The Hall–Kier alpha value is -3.32. The standard InChI is InChI=1S/C26H30N2O4S/c1-20-11-14-23(18-21(20)2)28(33(30,31)25-9-5-4-6-10-25)19-26(29)27-17-7-8-22-12-15-24(32-3)16-13-22/h4-6,9-16,18H,7-8,17,19H2,1-3H3,(H,27,29). The van der Waals surface area contributed by atoms with Crippen LogP contribution in [0.3, 0.4) is 0 Å². The topological polar surface area (TPSA) is 75.7 Å². The van der Waals surface area contributed by atoms with Crippen LogP contribution in [0.4, 0.5) is 5.69 Å². The number of nitrogens with one attached hydrogen (secondary N) is 1. The van der Waals surface area contributed by atoms with Crippen LogP contribution in [0.2, 0.25) is 0 Å². The number of aryl methyl sites for hydroxylation is 3. The average molecular weight is 467 g/mol. The molecule has 1 N–H and O–H groups in total. The van der Waals surface area contributed by atoms with Crippen LogP contribution in [-0.2, 0) is 21.2 Å². The van der Waals surface area contributed by atoms with Crippen LogP contribution in [0, 0.1) is 13.8 Å². The van der Waals surface area contributed by atoms with Crippen molar-refractivity contribution >= 4 is 21.6 Å². The number of nitrogens with zero attached hydrogens (tertiary/aromatic N) is 1. The molecule has 0 unspecified atom stereocenters. The van der Waals surface area contributed by atoms with Gasteiger partial charge in [-0.3, -0.25) is 9.10 Å². The number of hydrogen-bond donors (Lipinski definition) is 1. The van der Waals surface area contributed by atoms with Crippen molar-refractivity contribution in [2.75, 3.05) is 24.5 Å². The Labute approximate surface area is 196 Å². The van der Waals surface area contributed by atoms with E-state index in [0.29, 0.717) is 12.2 Å². The first kappa shape index (κ1) is 24.3. The van der Waals surface area contributed by atoms with Gasteiger partial charge in [0, 0.05) is 6.54 Å². The fourth-order valence-corrected chi connectivity index (χ4v) is 4.85. The smallest absolute Gasteiger partial charge is 0.264 e. The van der Waals surface area contributed by atoms with Gasteiger partial charge in [-0.05, 0) is 79.8 Å². The monoisotopic (exact) mass is 466 g/mol. The summed E-state index contributed by atoms with van der Waals surface area (Å²) in [6.45, 7) is 4.05. The van der Waals surface area contributed by atoms with Crippen LogP contribution in [-0.4, -0.2) is 34.5 Å². The number of carbonyl (C=O) groups excluding carboxylic acids is 1. The van der Waals surface area contributed by atoms with Gasteiger partial charge in [-0.15, -0.1) is 0 Å². The van der Waals surface area contributed by atoms with Crippen molar-refractivity contribution in [2.45, 2.75) is 31.6 Å². The molecule has 0 heterocycles. The third-order valence-electron chi connectivity index (χ3n) is 5.52. The van der Waals surface area contributed by atoms with Gasteiger partial charge in [0.15, 0.2) is 0 Å². The van der Waals surface area contributed by atoms with Gasteiger partial charge in [0.05, 0.1) is 17.7 Å². The third-order valence-corrected chi connectivity index (χ3v) is 7.31. The third kappa shape index (κ3) is 6.35. The van der Waals surface area contributed by atoms with E-state index in [-0.39, 0.29) is 17.3 Å². The van der Waals surface area contributed by atoms with Crippen LogP contribution in [0.25, 0.3) is 0 Å². The molecule has 3 aromatic rings. The zero-order valence-corrected chi connectivity index (χ0v) is 20.1. The van der Waals surface area contributed by atoms with Crippen LogP contribution in [0.5, 0.6) is 5.75 Å². The first-order valence-electron chi connectivity index (χ1n) is 10.9. The SMILES string of the molecule is COc1ccc(CCCNC(=O)CN(c2ccc(C)c(C)c2)S(=O)(=O)c2ccccc2)cc1. The van der Waals surface area contributed by atoms with E-state index in [2.05, 4.69) is 5.32 Å². The molecule has 0 radical (unpaired) electrons. The number of sulfonamides is 1. The molecule has 174 valence electrons. The number of ether oxygens (including phenoxy) is 1. The Morgan fingerprint density at radius 3 is 2.27 bits per heavy atom. The summed E-state index contributed by atoms with van der Waals surface area (Å²) in [5.74, 6) is 0.459. The highest BCUT2D eigenvalue weighted by atomic mass is 32.2. The minimum absolute atomic E-state index is 0.149. The fourth-order valence-electron chi connectivity index (χ4n) is 3.41. The first-order valence-corrected chi connectivity index (χ1v) is 12.3. The second kappa shape index (κ2) is 11.0. The second-order valence-corrected chi connectivity index (χ2v) is 9.76. The lowest BCUT2D eigenvalue weighted by Crippen LogP contribution is -2.41. The van der Waals surface area contributed by atoms with Crippen LogP contribution in [0.1, 0.15) is 23.1 Å². The number of carbonyl (C=O) groups is 1.